The minimum Gasteiger partial charge on any atom is -0.355 e. The van der Waals surface area contributed by atoms with Crippen LogP contribution in [0.5, 0.6) is 0 Å². The van der Waals surface area contributed by atoms with Crippen LogP contribution < -0.4 is 10.6 Å². The molecule has 0 spiro atoms. The maximum atomic E-state index is 12.1. The minimum absolute atomic E-state index is 0.0336. The molecule has 19 heavy (non-hydrogen) atoms. The molecule has 0 saturated carbocycles. The van der Waals surface area contributed by atoms with E-state index in [1.807, 2.05) is 0 Å². The van der Waals surface area contributed by atoms with E-state index in [9.17, 15) is 4.79 Å². The molecule has 2 atom stereocenters. The van der Waals surface area contributed by atoms with Crippen LogP contribution in [0.2, 0.25) is 0 Å². The van der Waals surface area contributed by atoms with Gasteiger partial charge in [-0.3, -0.25) is 4.79 Å². The molecule has 0 aliphatic carbocycles. The minimum atomic E-state index is 0.0336. The van der Waals surface area contributed by atoms with Crippen LogP contribution in [0.4, 0.5) is 0 Å². The number of hydrogen-bond donors (Lipinski definition) is 2. The number of nitrogens with one attached hydrogen (secondary N) is 2. The van der Waals surface area contributed by atoms with E-state index < -0.39 is 0 Å². The first kappa shape index (κ1) is 14.8. The zero-order valence-electron chi connectivity index (χ0n) is 12.5. The van der Waals surface area contributed by atoms with Gasteiger partial charge in [-0.2, -0.15) is 0 Å². The molecule has 2 aliphatic heterocycles. The summed E-state index contributed by atoms with van der Waals surface area (Å²) < 4.78 is 0. The Bertz CT molecular complexity index is 287. The number of hydrogen-bond acceptors (Lipinski definition) is 3. The van der Waals surface area contributed by atoms with E-state index in [0.29, 0.717) is 5.92 Å². The van der Waals surface area contributed by atoms with Crippen molar-refractivity contribution in [2.45, 2.75) is 45.1 Å². The summed E-state index contributed by atoms with van der Waals surface area (Å²) in [7, 11) is 2.19. The number of likely N-dealkylation sites (tertiary alicyclic amines) is 1. The highest BCUT2D eigenvalue weighted by molar-refractivity contribution is 5.82. The lowest BCUT2D eigenvalue weighted by Gasteiger charge is -2.30. The number of amides is 1. The number of rotatable bonds is 4. The van der Waals surface area contributed by atoms with Crippen molar-refractivity contribution in [2.24, 2.45) is 11.8 Å². The standard InChI is InChI=1S/C15H29N3O/c1-12-4-3-8-16-14(12)15(19)17-9-5-13-6-10-18(2)11-7-13/h12-14,16H,3-11H2,1-2H3,(H,17,19). The van der Waals surface area contributed by atoms with Gasteiger partial charge in [0.15, 0.2) is 0 Å². The van der Waals surface area contributed by atoms with Crippen LogP contribution >= 0.6 is 0 Å². The molecule has 1 amide bonds. The highest BCUT2D eigenvalue weighted by Crippen LogP contribution is 2.19. The molecular formula is C15H29N3O. The van der Waals surface area contributed by atoms with E-state index in [2.05, 4.69) is 29.5 Å². The molecule has 0 bridgehead atoms. The highest BCUT2D eigenvalue weighted by Gasteiger charge is 2.27. The molecule has 4 heteroatoms. The number of piperidine rings is 2. The predicted molar refractivity (Wildman–Crippen MR) is 78.0 cm³/mol. The summed E-state index contributed by atoms with van der Waals surface area (Å²) in [5.74, 6) is 1.48. The molecule has 110 valence electrons. The largest absolute Gasteiger partial charge is 0.355 e. The monoisotopic (exact) mass is 267 g/mol. The Morgan fingerprint density at radius 1 is 1.32 bits per heavy atom. The van der Waals surface area contributed by atoms with Crippen LogP contribution in [0.15, 0.2) is 0 Å². The van der Waals surface area contributed by atoms with Gasteiger partial charge >= 0.3 is 0 Å². The van der Waals surface area contributed by atoms with Gasteiger partial charge in [0, 0.05) is 6.54 Å². The predicted octanol–water partition coefficient (Wildman–Crippen LogP) is 1.22. The first-order valence-electron chi connectivity index (χ1n) is 7.86. The average Bonchev–Trinajstić information content (AvgIpc) is 2.41. The zero-order chi connectivity index (χ0) is 13.7. The smallest absolute Gasteiger partial charge is 0.237 e. The zero-order valence-corrected chi connectivity index (χ0v) is 12.5. The maximum absolute atomic E-state index is 12.1. The van der Waals surface area contributed by atoms with Crippen molar-refractivity contribution >= 4 is 5.91 Å². The number of carbonyl (C=O) groups is 1. The van der Waals surface area contributed by atoms with Gasteiger partial charge < -0.3 is 15.5 Å². The lowest BCUT2D eigenvalue weighted by molar-refractivity contribution is -0.124. The second-order valence-electron chi connectivity index (χ2n) is 6.38. The summed E-state index contributed by atoms with van der Waals surface area (Å²) in [6.07, 6.45) is 6.07. The molecule has 2 rings (SSSR count). The Balaban J connectivity index is 1.63. The topological polar surface area (TPSA) is 44.4 Å². The fourth-order valence-electron chi connectivity index (χ4n) is 3.26. The fraction of sp³-hybridized carbons (Fsp3) is 0.933. The van der Waals surface area contributed by atoms with E-state index >= 15 is 0 Å². The van der Waals surface area contributed by atoms with Crippen molar-refractivity contribution in [1.82, 2.24) is 15.5 Å². The van der Waals surface area contributed by atoms with Gasteiger partial charge in [-0.1, -0.05) is 6.92 Å². The van der Waals surface area contributed by atoms with Gasteiger partial charge in [0.25, 0.3) is 0 Å². The average molecular weight is 267 g/mol. The van der Waals surface area contributed by atoms with Crippen molar-refractivity contribution < 1.29 is 4.79 Å². The first-order chi connectivity index (χ1) is 9.16. The van der Waals surface area contributed by atoms with Crippen molar-refractivity contribution in [3.05, 3.63) is 0 Å². The van der Waals surface area contributed by atoms with Gasteiger partial charge in [-0.15, -0.1) is 0 Å². The lowest BCUT2D eigenvalue weighted by atomic mass is 9.91. The Labute approximate surface area is 117 Å². The molecule has 0 aromatic heterocycles. The molecule has 2 aliphatic rings. The van der Waals surface area contributed by atoms with Crippen molar-refractivity contribution in [2.75, 3.05) is 33.2 Å². The van der Waals surface area contributed by atoms with Gasteiger partial charge in [-0.05, 0) is 70.6 Å². The fourth-order valence-corrected chi connectivity index (χ4v) is 3.26. The van der Waals surface area contributed by atoms with Crippen LogP contribution in [0.1, 0.15) is 39.0 Å². The lowest BCUT2D eigenvalue weighted by Crippen LogP contribution is -2.51. The summed E-state index contributed by atoms with van der Waals surface area (Å²) in [5.41, 5.74) is 0. The second kappa shape index (κ2) is 7.25. The van der Waals surface area contributed by atoms with Crippen LogP contribution in [0.3, 0.4) is 0 Å². The highest BCUT2D eigenvalue weighted by atomic mass is 16.2. The van der Waals surface area contributed by atoms with Crippen LogP contribution in [-0.2, 0) is 4.79 Å². The molecule has 0 radical (unpaired) electrons. The molecule has 0 aromatic carbocycles. The van der Waals surface area contributed by atoms with Crippen LogP contribution in [0.25, 0.3) is 0 Å². The quantitative estimate of drug-likeness (QED) is 0.805. The molecule has 2 heterocycles. The van der Waals surface area contributed by atoms with Gasteiger partial charge in [0.1, 0.15) is 0 Å². The summed E-state index contributed by atoms with van der Waals surface area (Å²) >= 11 is 0. The Morgan fingerprint density at radius 3 is 2.74 bits per heavy atom. The first-order valence-corrected chi connectivity index (χ1v) is 7.86. The summed E-state index contributed by atoms with van der Waals surface area (Å²) in [6, 6.07) is 0.0336. The van der Waals surface area contributed by atoms with Gasteiger partial charge in [0.2, 0.25) is 5.91 Å². The third-order valence-corrected chi connectivity index (χ3v) is 4.74. The third kappa shape index (κ3) is 4.46. The molecule has 2 fully saturated rings. The SMILES string of the molecule is CC1CCCNC1C(=O)NCCC1CCN(C)CC1. The van der Waals surface area contributed by atoms with E-state index in [1.165, 1.54) is 38.8 Å². The molecule has 2 unspecified atom stereocenters. The normalized spacial score (nSPS) is 30.2. The Morgan fingerprint density at radius 2 is 2.05 bits per heavy atom. The van der Waals surface area contributed by atoms with Crippen molar-refractivity contribution in [1.29, 1.82) is 0 Å². The number of nitrogens with zero attached hydrogens (tertiary/aromatic N) is 1. The van der Waals surface area contributed by atoms with E-state index in [1.54, 1.807) is 0 Å². The molecule has 2 saturated heterocycles. The van der Waals surface area contributed by atoms with E-state index in [4.69, 9.17) is 0 Å². The molecule has 2 N–H and O–H groups in total. The summed E-state index contributed by atoms with van der Waals surface area (Å²) in [6.45, 7) is 6.42. The van der Waals surface area contributed by atoms with Gasteiger partial charge in [0.05, 0.1) is 6.04 Å². The number of carbonyl (C=O) groups excluding carboxylic acids is 1. The van der Waals surface area contributed by atoms with Crippen LogP contribution in [0, 0.1) is 11.8 Å². The molecule has 4 nitrogen and oxygen atoms in total. The van der Waals surface area contributed by atoms with Crippen molar-refractivity contribution in [3.63, 3.8) is 0 Å². The van der Waals surface area contributed by atoms with E-state index in [0.717, 1.165) is 25.4 Å². The van der Waals surface area contributed by atoms with E-state index in [-0.39, 0.29) is 11.9 Å². The summed E-state index contributed by atoms with van der Waals surface area (Å²) in [5, 5.41) is 6.47. The van der Waals surface area contributed by atoms with Crippen molar-refractivity contribution in [3.8, 4) is 0 Å². The third-order valence-electron chi connectivity index (χ3n) is 4.74. The summed E-state index contributed by atoms with van der Waals surface area (Å²) in [4.78, 5) is 14.5. The second-order valence-corrected chi connectivity index (χ2v) is 6.38. The Hall–Kier alpha value is -0.610. The van der Waals surface area contributed by atoms with Crippen LogP contribution in [-0.4, -0.2) is 50.1 Å². The maximum Gasteiger partial charge on any atom is 0.237 e. The molecule has 0 aromatic rings. The molecular weight excluding hydrogens is 238 g/mol. The van der Waals surface area contributed by atoms with Gasteiger partial charge in [-0.25, -0.2) is 0 Å². The Kier molecular flexibility index (Phi) is 5.64.